The molecule has 0 saturated heterocycles. The number of aromatic nitrogens is 1. The summed E-state index contributed by atoms with van der Waals surface area (Å²) in [6, 6.07) is 19.2. The van der Waals surface area contributed by atoms with Crippen LogP contribution in [0, 0.1) is 0 Å². The number of amides is 1. The molecule has 0 saturated carbocycles. The Balaban J connectivity index is 1.43. The fraction of sp³-hybridized carbons (Fsp3) is 0.240. The van der Waals surface area contributed by atoms with E-state index in [2.05, 4.69) is 29.4 Å². The zero-order chi connectivity index (χ0) is 21.9. The number of benzene rings is 2. The van der Waals surface area contributed by atoms with Crippen molar-refractivity contribution in [1.29, 1.82) is 0 Å². The molecule has 1 heterocycles. The second-order valence-electron chi connectivity index (χ2n) is 7.20. The molecule has 6 nitrogen and oxygen atoms in total. The number of nitrogens with one attached hydrogen (secondary N) is 1. The molecule has 0 bridgehead atoms. The molecule has 0 radical (unpaired) electrons. The molecule has 31 heavy (non-hydrogen) atoms. The van der Waals surface area contributed by atoms with E-state index in [1.165, 1.54) is 11.6 Å². The molecule has 6 heteroatoms. The number of carbonyl (C=O) groups is 1. The fourth-order valence-corrected chi connectivity index (χ4v) is 3.17. The van der Waals surface area contributed by atoms with Gasteiger partial charge in [0.15, 0.2) is 25.5 Å². The summed E-state index contributed by atoms with van der Waals surface area (Å²) in [5, 5.41) is 2.75. The molecular formula is C25H26N3O3+. The lowest BCUT2D eigenvalue weighted by Gasteiger charge is -2.07. The van der Waals surface area contributed by atoms with E-state index in [4.69, 9.17) is 4.74 Å². The molecule has 0 aliphatic rings. The normalized spacial score (nSPS) is 10.2. The lowest BCUT2D eigenvalue weighted by Crippen LogP contribution is -2.36. The van der Waals surface area contributed by atoms with Gasteiger partial charge in [0, 0.05) is 17.8 Å². The quantitative estimate of drug-likeness (QED) is 0.311. The number of aryl methyl sites for hydroxylation is 1. The number of ether oxygens (including phenoxy) is 1. The van der Waals surface area contributed by atoms with Gasteiger partial charge in [-0.05, 0) is 53.8 Å². The molecule has 1 aromatic heterocycles. The second-order valence-corrected chi connectivity index (χ2v) is 7.20. The number of anilines is 1. The van der Waals surface area contributed by atoms with Gasteiger partial charge in [-0.2, -0.15) is 4.99 Å². The number of isocyanates is 1. The van der Waals surface area contributed by atoms with Crippen molar-refractivity contribution in [3.63, 3.8) is 0 Å². The predicted molar refractivity (Wildman–Crippen MR) is 119 cm³/mol. The van der Waals surface area contributed by atoms with Gasteiger partial charge in [-0.25, -0.2) is 14.2 Å². The first-order chi connectivity index (χ1) is 15.2. The Morgan fingerprint density at radius 3 is 2.23 bits per heavy atom. The van der Waals surface area contributed by atoms with E-state index >= 15 is 0 Å². The van der Waals surface area contributed by atoms with Crippen molar-refractivity contribution >= 4 is 23.5 Å². The molecular weight excluding hydrogens is 390 g/mol. The zero-order valence-electron chi connectivity index (χ0n) is 17.6. The first-order valence-electron chi connectivity index (χ1n) is 10.3. The highest BCUT2D eigenvalue weighted by molar-refractivity contribution is 5.84. The van der Waals surface area contributed by atoms with E-state index < -0.39 is 6.09 Å². The summed E-state index contributed by atoms with van der Waals surface area (Å²) in [7, 11) is 0. The van der Waals surface area contributed by atoms with Crippen LogP contribution in [-0.4, -0.2) is 18.8 Å². The highest BCUT2D eigenvalue weighted by atomic mass is 16.5. The number of hydrogen-bond acceptors (Lipinski definition) is 4. The number of aliphatic imine (C=N–C) groups is 1. The van der Waals surface area contributed by atoms with Crippen LogP contribution >= 0.6 is 0 Å². The Kier molecular flexibility index (Phi) is 8.09. The molecule has 0 atom stereocenters. The predicted octanol–water partition coefficient (Wildman–Crippen LogP) is 4.73. The molecule has 3 aromatic rings. The Labute approximate surface area is 182 Å². The first-order valence-corrected chi connectivity index (χ1v) is 10.3. The van der Waals surface area contributed by atoms with Gasteiger partial charge in [0.1, 0.15) is 0 Å². The smallest absolute Gasteiger partial charge is 0.411 e. The van der Waals surface area contributed by atoms with Crippen molar-refractivity contribution in [3.8, 4) is 0 Å². The van der Waals surface area contributed by atoms with Crippen LogP contribution in [-0.2, 0) is 28.9 Å². The van der Waals surface area contributed by atoms with Crippen molar-refractivity contribution in [2.75, 3.05) is 11.9 Å². The average Bonchev–Trinajstić information content (AvgIpc) is 2.78. The third kappa shape index (κ3) is 7.21. The number of carbonyl (C=O) groups excluding carboxylic acids is 2. The minimum atomic E-state index is -0.470. The van der Waals surface area contributed by atoms with Crippen LogP contribution in [0.3, 0.4) is 0 Å². The molecule has 0 spiro atoms. The lowest BCUT2D eigenvalue weighted by molar-refractivity contribution is -0.697. The van der Waals surface area contributed by atoms with Crippen LogP contribution in [0.4, 0.5) is 16.2 Å². The van der Waals surface area contributed by atoms with Crippen molar-refractivity contribution < 1.29 is 18.9 Å². The summed E-state index contributed by atoms with van der Waals surface area (Å²) >= 11 is 0. The van der Waals surface area contributed by atoms with Crippen molar-refractivity contribution in [2.45, 2.75) is 32.7 Å². The minimum absolute atomic E-state index is 0.297. The molecule has 158 valence electrons. The van der Waals surface area contributed by atoms with E-state index in [1.807, 2.05) is 53.4 Å². The van der Waals surface area contributed by atoms with E-state index in [1.54, 1.807) is 12.1 Å². The standard InChI is InChI=1S/C25H25N3O3/c1-2-3-20-12-14-28(15-13-20)16-17-31-25(30)27-24-10-6-22(7-11-24)18-21-4-8-23(9-5-21)26-19-29/h4-15H,2-3,16-18H2,1H3/p+1. The van der Waals surface area contributed by atoms with Gasteiger partial charge in [-0.15, -0.1) is 0 Å². The van der Waals surface area contributed by atoms with Gasteiger partial charge < -0.3 is 4.74 Å². The van der Waals surface area contributed by atoms with Gasteiger partial charge in [-0.3, -0.25) is 5.32 Å². The van der Waals surface area contributed by atoms with Gasteiger partial charge in [-0.1, -0.05) is 37.6 Å². The second kappa shape index (κ2) is 11.4. The molecule has 0 fully saturated rings. The summed E-state index contributed by atoms with van der Waals surface area (Å²) < 4.78 is 7.28. The number of nitrogens with zero attached hydrogens (tertiary/aromatic N) is 2. The largest absolute Gasteiger partial charge is 0.443 e. The Morgan fingerprint density at radius 2 is 1.61 bits per heavy atom. The first kappa shape index (κ1) is 21.9. The maximum absolute atomic E-state index is 12.0. The minimum Gasteiger partial charge on any atom is -0.443 e. The van der Waals surface area contributed by atoms with Crippen LogP contribution in [0.25, 0.3) is 0 Å². The van der Waals surface area contributed by atoms with Gasteiger partial charge in [0.05, 0.1) is 5.69 Å². The zero-order valence-corrected chi connectivity index (χ0v) is 17.6. The van der Waals surface area contributed by atoms with E-state index in [0.29, 0.717) is 24.5 Å². The fourth-order valence-electron chi connectivity index (χ4n) is 3.17. The van der Waals surface area contributed by atoms with E-state index in [-0.39, 0.29) is 0 Å². The number of pyridine rings is 1. The van der Waals surface area contributed by atoms with Crippen molar-refractivity contribution in [2.24, 2.45) is 4.99 Å². The van der Waals surface area contributed by atoms with Gasteiger partial charge >= 0.3 is 6.09 Å². The summed E-state index contributed by atoms with van der Waals surface area (Å²) in [4.78, 5) is 25.9. The highest BCUT2D eigenvalue weighted by Gasteiger charge is 2.07. The van der Waals surface area contributed by atoms with Crippen LogP contribution in [0.2, 0.25) is 0 Å². The lowest BCUT2D eigenvalue weighted by atomic mass is 10.0. The Bertz CT molecular complexity index is 1020. The Hall–Kier alpha value is -3.76. The summed E-state index contributed by atoms with van der Waals surface area (Å²) in [6.45, 7) is 3.06. The van der Waals surface area contributed by atoms with Crippen LogP contribution in [0.1, 0.15) is 30.0 Å². The number of rotatable bonds is 9. The SMILES string of the molecule is CCCc1cc[n+](CCOC(=O)Nc2ccc(Cc3ccc(N=C=O)cc3)cc2)cc1. The number of hydrogen-bond donors (Lipinski definition) is 1. The third-order valence-electron chi connectivity index (χ3n) is 4.80. The maximum Gasteiger partial charge on any atom is 0.411 e. The molecule has 1 N–H and O–H groups in total. The van der Waals surface area contributed by atoms with E-state index in [0.717, 1.165) is 30.4 Å². The van der Waals surface area contributed by atoms with E-state index in [9.17, 15) is 9.59 Å². The van der Waals surface area contributed by atoms with Crippen LogP contribution in [0.5, 0.6) is 0 Å². The highest BCUT2D eigenvalue weighted by Crippen LogP contribution is 2.17. The molecule has 0 unspecified atom stereocenters. The summed E-state index contributed by atoms with van der Waals surface area (Å²) in [5.74, 6) is 0. The van der Waals surface area contributed by atoms with Crippen LogP contribution < -0.4 is 9.88 Å². The van der Waals surface area contributed by atoms with Crippen molar-refractivity contribution in [1.82, 2.24) is 0 Å². The monoisotopic (exact) mass is 416 g/mol. The van der Waals surface area contributed by atoms with Gasteiger partial charge in [0.25, 0.3) is 0 Å². The average molecular weight is 417 g/mol. The van der Waals surface area contributed by atoms with Crippen molar-refractivity contribution in [3.05, 3.63) is 89.7 Å². The maximum atomic E-state index is 12.0. The molecule has 1 amide bonds. The molecule has 2 aromatic carbocycles. The summed E-state index contributed by atoms with van der Waals surface area (Å²) in [5.41, 5.74) is 4.79. The summed E-state index contributed by atoms with van der Waals surface area (Å²) in [6.07, 6.45) is 8.01. The topological polar surface area (TPSA) is 71.6 Å². The molecule has 0 aliphatic carbocycles. The molecule has 3 rings (SSSR count). The van der Waals surface area contributed by atoms with Gasteiger partial charge in [0.2, 0.25) is 6.08 Å². The Morgan fingerprint density at radius 1 is 0.968 bits per heavy atom. The third-order valence-corrected chi connectivity index (χ3v) is 4.80. The molecule has 0 aliphatic heterocycles. The van der Waals surface area contributed by atoms with Crippen LogP contribution in [0.15, 0.2) is 78.0 Å².